The largest absolute Gasteiger partial charge is 0.341 e. The van der Waals surface area contributed by atoms with Crippen LogP contribution >= 0.6 is 36.4 Å². The van der Waals surface area contributed by atoms with E-state index in [1.165, 1.54) is 18.2 Å². The van der Waals surface area contributed by atoms with Crippen LogP contribution in [0, 0.1) is 0 Å². The predicted molar refractivity (Wildman–Crippen MR) is 78.9 cm³/mol. The van der Waals surface area contributed by atoms with Crippen LogP contribution in [0.2, 0.25) is 5.02 Å². The number of anilines is 1. The second-order valence-electron chi connectivity index (χ2n) is 3.15. The summed E-state index contributed by atoms with van der Waals surface area (Å²) in [5, 5.41) is 2.89. The van der Waals surface area contributed by atoms with Crippen molar-refractivity contribution in [3.05, 3.63) is 35.9 Å². The quantitative estimate of drug-likeness (QED) is 0.510. The molecule has 0 amide bonds. The fourth-order valence-corrected chi connectivity index (χ4v) is 3.10. The monoisotopic (exact) mass is 307 g/mol. The number of thiocarbonyl (C=S) groups is 1. The van der Waals surface area contributed by atoms with Crippen molar-refractivity contribution in [2.75, 3.05) is 11.1 Å². The lowest BCUT2D eigenvalue weighted by atomic mass is 10.3. The molecule has 0 heterocycles. The van der Waals surface area contributed by atoms with E-state index in [-0.39, 0.29) is 20.0 Å². The standard InChI is InChI=1S/C10H10ClNO2S3/c1-2-5-17(13,14)9-4-3-7(6-8(9)11)12-10(15)16/h2-4,6H,1,5H2,(H2,12,15,16). The molecule has 0 aliphatic carbocycles. The number of benzene rings is 1. The summed E-state index contributed by atoms with van der Waals surface area (Å²) in [5.41, 5.74) is 0.590. The maximum Gasteiger partial charge on any atom is 0.183 e. The zero-order valence-corrected chi connectivity index (χ0v) is 12.0. The minimum absolute atomic E-state index is 0.0784. The summed E-state index contributed by atoms with van der Waals surface area (Å²) in [6.45, 7) is 3.40. The van der Waals surface area contributed by atoms with Gasteiger partial charge in [0.1, 0.15) is 4.32 Å². The highest BCUT2D eigenvalue weighted by molar-refractivity contribution is 8.11. The lowest BCUT2D eigenvalue weighted by molar-refractivity contribution is 0.599. The van der Waals surface area contributed by atoms with Gasteiger partial charge in [0.15, 0.2) is 9.84 Å². The average Bonchev–Trinajstić information content (AvgIpc) is 2.15. The normalized spacial score (nSPS) is 10.9. The minimum Gasteiger partial charge on any atom is -0.341 e. The third-order valence-corrected chi connectivity index (χ3v) is 4.19. The van der Waals surface area contributed by atoms with Crippen molar-refractivity contribution < 1.29 is 8.42 Å². The average molecular weight is 308 g/mol. The van der Waals surface area contributed by atoms with Gasteiger partial charge < -0.3 is 5.32 Å². The molecule has 0 bridgehead atoms. The number of hydrogen-bond donors (Lipinski definition) is 2. The van der Waals surface area contributed by atoms with Gasteiger partial charge in [-0.3, -0.25) is 0 Å². The van der Waals surface area contributed by atoms with Gasteiger partial charge in [-0.1, -0.05) is 29.9 Å². The molecular weight excluding hydrogens is 298 g/mol. The molecule has 1 rings (SSSR count). The molecule has 0 spiro atoms. The zero-order valence-electron chi connectivity index (χ0n) is 8.68. The van der Waals surface area contributed by atoms with Crippen molar-refractivity contribution in [3.63, 3.8) is 0 Å². The molecular formula is C10H10ClNO2S3. The summed E-state index contributed by atoms with van der Waals surface area (Å²) in [7, 11) is -3.42. The van der Waals surface area contributed by atoms with Crippen LogP contribution in [0.4, 0.5) is 5.69 Å². The summed E-state index contributed by atoms with van der Waals surface area (Å²) < 4.78 is 23.8. The summed E-state index contributed by atoms with van der Waals surface area (Å²) in [5.74, 6) is -0.148. The Labute approximate surface area is 116 Å². The van der Waals surface area contributed by atoms with Crippen LogP contribution in [0.3, 0.4) is 0 Å². The van der Waals surface area contributed by atoms with Crippen LogP contribution in [-0.2, 0) is 9.84 Å². The first-order chi connectivity index (χ1) is 7.86. The van der Waals surface area contributed by atoms with Gasteiger partial charge in [0.25, 0.3) is 0 Å². The van der Waals surface area contributed by atoms with E-state index in [0.717, 1.165) is 0 Å². The molecule has 0 fully saturated rings. The van der Waals surface area contributed by atoms with Crippen LogP contribution in [0.25, 0.3) is 0 Å². The summed E-state index contributed by atoms with van der Waals surface area (Å²) >= 11 is 14.6. The summed E-state index contributed by atoms with van der Waals surface area (Å²) in [6, 6.07) is 4.49. The van der Waals surface area contributed by atoms with Crippen LogP contribution < -0.4 is 5.32 Å². The molecule has 7 heteroatoms. The third-order valence-electron chi connectivity index (χ3n) is 1.86. The minimum atomic E-state index is -3.42. The Morgan fingerprint density at radius 3 is 2.71 bits per heavy atom. The van der Waals surface area contributed by atoms with Gasteiger partial charge in [-0.2, -0.15) is 0 Å². The van der Waals surface area contributed by atoms with Gasteiger partial charge in [-0.25, -0.2) is 8.42 Å². The van der Waals surface area contributed by atoms with E-state index in [4.69, 9.17) is 23.8 Å². The first-order valence-corrected chi connectivity index (χ1v) is 7.38. The van der Waals surface area contributed by atoms with E-state index in [1.807, 2.05) is 0 Å². The molecule has 0 saturated carbocycles. The Kier molecular flexibility index (Phi) is 5.00. The molecule has 1 N–H and O–H groups in total. The second kappa shape index (κ2) is 5.86. The summed E-state index contributed by atoms with van der Waals surface area (Å²) in [4.78, 5) is 0.0784. The molecule has 92 valence electrons. The molecule has 0 unspecified atom stereocenters. The molecule has 0 aromatic heterocycles. The Bertz CT molecular complexity index is 555. The van der Waals surface area contributed by atoms with E-state index < -0.39 is 9.84 Å². The summed E-state index contributed by atoms with van der Waals surface area (Å²) in [6.07, 6.45) is 1.32. The highest BCUT2D eigenvalue weighted by Gasteiger charge is 2.16. The molecule has 3 nitrogen and oxygen atoms in total. The molecule has 0 aliphatic heterocycles. The molecule has 17 heavy (non-hydrogen) atoms. The van der Waals surface area contributed by atoms with E-state index in [0.29, 0.717) is 5.69 Å². The molecule has 1 aromatic rings. The number of nitrogens with one attached hydrogen (secondary N) is 1. The Morgan fingerprint density at radius 1 is 1.59 bits per heavy atom. The van der Waals surface area contributed by atoms with Gasteiger partial charge in [-0.15, -0.1) is 19.2 Å². The Morgan fingerprint density at radius 2 is 2.24 bits per heavy atom. The lowest BCUT2D eigenvalue weighted by Crippen LogP contribution is -2.06. The second-order valence-corrected chi connectivity index (χ2v) is 6.71. The van der Waals surface area contributed by atoms with Crippen LogP contribution in [0.15, 0.2) is 35.7 Å². The highest BCUT2D eigenvalue weighted by atomic mass is 35.5. The SMILES string of the molecule is C=CCS(=O)(=O)c1ccc(NC(=S)S)cc1Cl. The predicted octanol–water partition coefficient (Wildman–Crippen LogP) is 2.93. The van der Waals surface area contributed by atoms with Gasteiger partial charge in [0.05, 0.1) is 15.7 Å². The Hall–Kier alpha value is -0.560. The number of thiol groups is 1. The van der Waals surface area contributed by atoms with Crippen molar-refractivity contribution in [1.29, 1.82) is 0 Å². The highest BCUT2D eigenvalue weighted by Crippen LogP contribution is 2.26. The van der Waals surface area contributed by atoms with Gasteiger partial charge in [-0.05, 0) is 18.2 Å². The number of sulfone groups is 1. The van der Waals surface area contributed by atoms with E-state index >= 15 is 0 Å². The van der Waals surface area contributed by atoms with Crippen molar-refractivity contribution in [1.82, 2.24) is 0 Å². The fraction of sp³-hybridized carbons (Fsp3) is 0.100. The number of rotatable bonds is 4. The molecule has 0 radical (unpaired) electrons. The third kappa shape index (κ3) is 3.99. The van der Waals surface area contributed by atoms with E-state index in [1.54, 1.807) is 6.07 Å². The van der Waals surface area contributed by atoms with Crippen molar-refractivity contribution >= 4 is 56.3 Å². The molecule has 0 aliphatic rings. The first kappa shape index (κ1) is 14.5. The topological polar surface area (TPSA) is 46.2 Å². The zero-order chi connectivity index (χ0) is 13.1. The lowest BCUT2D eigenvalue weighted by Gasteiger charge is -2.08. The maximum atomic E-state index is 11.8. The molecule has 1 aromatic carbocycles. The number of halogens is 1. The molecule has 0 saturated heterocycles. The van der Waals surface area contributed by atoms with Crippen LogP contribution in [0.1, 0.15) is 0 Å². The Balaban J connectivity index is 3.14. The first-order valence-electron chi connectivity index (χ1n) is 4.50. The van der Waals surface area contributed by atoms with E-state index in [2.05, 4.69) is 24.5 Å². The fourth-order valence-electron chi connectivity index (χ4n) is 1.20. The van der Waals surface area contributed by atoms with Gasteiger partial charge in [0, 0.05) is 5.69 Å². The van der Waals surface area contributed by atoms with Crippen molar-refractivity contribution in [3.8, 4) is 0 Å². The van der Waals surface area contributed by atoms with Gasteiger partial charge in [0.2, 0.25) is 0 Å². The smallest absolute Gasteiger partial charge is 0.183 e. The van der Waals surface area contributed by atoms with Crippen molar-refractivity contribution in [2.45, 2.75) is 4.90 Å². The van der Waals surface area contributed by atoms with Crippen LogP contribution in [0.5, 0.6) is 0 Å². The van der Waals surface area contributed by atoms with Crippen LogP contribution in [-0.4, -0.2) is 18.5 Å². The molecule has 0 atom stereocenters. The maximum absolute atomic E-state index is 11.8. The number of hydrogen-bond acceptors (Lipinski definition) is 3. The van der Waals surface area contributed by atoms with E-state index in [9.17, 15) is 8.42 Å². The van der Waals surface area contributed by atoms with Crippen molar-refractivity contribution in [2.24, 2.45) is 0 Å². The van der Waals surface area contributed by atoms with Gasteiger partial charge >= 0.3 is 0 Å².